The molecule has 114 valence electrons. The second kappa shape index (κ2) is 5.88. The number of ether oxygens (including phenoxy) is 3. The van der Waals surface area contributed by atoms with Crippen LogP contribution < -0.4 is 14.2 Å². The van der Waals surface area contributed by atoms with Gasteiger partial charge in [-0.2, -0.15) is 0 Å². The van der Waals surface area contributed by atoms with E-state index in [9.17, 15) is 0 Å². The molecule has 5 nitrogen and oxygen atoms in total. The Balaban J connectivity index is 2.21. The summed E-state index contributed by atoms with van der Waals surface area (Å²) in [6, 6.07) is 9.30. The van der Waals surface area contributed by atoms with Crippen LogP contribution in [0.4, 0.5) is 0 Å². The molecule has 3 rings (SSSR count). The monoisotopic (exact) mass is 363 g/mol. The van der Waals surface area contributed by atoms with E-state index < -0.39 is 0 Å². The van der Waals surface area contributed by atoms with Gasteiger partial charge < -0.3 is 18.7 Å². The highest BCUT2D eigenvalue weighted by atomic mass is 79.9. The van der Waals surface area contributed by atoms with E-state index in [4.69, 9.17) is 18.7 Å². The molecule has 3 aromatic rings. The Morgan fingerprint density at radius 2 is 1.73 bits per heavy atom. The molecule has 0 fully saturated rings. The maximum Gasteiger partial charge on any atom is 0.171 e. The largest absolute Gasteiger partial charge is 0.497 e. The lowest BCUT2D eigenvalue weighted by molar-refractivity contribution is 0.393. The Labute approximate surface area is 135 Å². The molecule has 6 heteroatoms. The van der Waals surface area contributed by atoms with E-state index in [1.165, 1.54) is 0 Å². The van der Waals surface area contributed by atoms with Gasteiger partial charge in [-0.1, -0.05) is 5.16 Å². The number of hydrogen-bond acceptors (Lipinski definition) is 5. The van der Waals surface area contributed by atoms with Gasteiger partial charge in [-0.05, 0) is 34.1 Å². The molecule has 0 aliphatic carbocycles. The van der Waals surface area contributed by atoms with E-state index in [1.807, 2.05) is 24.3 Å². The molecular weight excluding hydrogens is 350 g/mol. The van der Waals surface area contributed by atoms with Gasteiger partial charge in [-0.15, -0.1) is 0 Å². The zero-order chi connectivity index (χ0) is 15.7. The van der Waals surface area contributed by atoms with Crippen LogP contribution >= 0.6 is 15.9 Å². The molecule has 1 aromatic heterocycles. The minimum absolute atomic E-state index is 0.656. The van der Waals surface area contributed by atoms with Gasteiger partial charge in [0.2, 0.25) is 0 Å². The van der Waals surface area contributed by atoms with E-state index >= 15 is 0 Å². The molecular formula is C16H14BrNO4. The average molecular weight is 364 g/mol. The molecule has 2 aromatic carbocycles. The van der Waals surface area contributed by atoms with E-state index in [0.29, 0.717) is 22.8 Å². The minimum Gasteiger partial charge on any atom is -0.497 e. The van der Waals surface area contributed by atoms with Gasteiger partial charge in [0.25, 0.3) is 0 Å². The van der Waals surface area contributed by atoms with Crippen molar-refractivity contribution >= 4 is 26.9 Å². The van der Waals surface area contributed by atoms with Crippen LogP contribution in [0.15, 0.2) is 39.3 Å². The maximum atomic E-state index is 5.45. The van der Waals surface area contributed by atoms with Crippen LogP contribution in [0.5, 0.6) is 17.2 Å². The molecule has 0 radical (unpaired) electrons. The lowest BCUT2D eigenvalue weighted by Gasteiger charge is -2.10. The van der Waals surface area contributed by atoms with E-state index in [-0.39, 0.29) is 0 Å². The normalized spacial score (nSPS) is 10.7. The fourth-order valence-electron chi connectivity index (χ4n) is 2.28. The van der Waals surface area contributed by atoms with Crippen molar-refractivity contribution in [3.8, 4) is 28.5 Å². The zero-order valence-electron chi connectivity index (χ0n) is 12.3. The molecule has 22 heavy (non-hydrogen) atoms. The number of aromatic nitrogens is 1. The first-order chi connectivity index (χ1) is 10.7. The number of rotatable bonds is 4. The van der Waals surface area contributed by atoms with Gasteiger partial charge >= 0.3 is 0 Å². The van der Waals surface area contributed by atoms with Gasteiger partial charge in [0.1, 0.15) is 22.9 Å². The lowest BCUT2D eigenvalue weighted by atomic mass is 10.1. The third-order valence-electron chi connectivity index (χ3n) is 3.41. The molecule has 0 saturated carbocycles. The van der Waals surface area contributed by atoms with Crippen molar-refractivity contribution in [3.05, 3.63) is 34.8 Å². The van der Waals surface area contributed by atoms with Gasteiger partial charge in [-0.3, -0.25) is 0 Å². The smallest absolute Gasteiger partial charge is 0.171 e. The van der Waals surface area contributed by atoms with Crippen LogP contribution in [0.3, 0.4) is 0 Å². The Morgan fingerprint density at radius 3 is 2.41 bits per heavy atom. The predicted octanol–water partition coefficient (Wildman–Crippen LogP) is 4.28. The van der Waals surface area contributed by atoms with E-state index in [1.54, 1.807) is 27.4 Å². The van der Waals surface area contributed by atoms with Crippen LogP contribution in [-0.4, -0.2) is 26.5 Å². The Morgan fingerprint density at radius 1 is 0.955 bits per heavy atom. The first-order valence-electron chi connectivity index (χ1n) is 6.53. The second-order valence-electron chi connectivity index (χ2n) is 4.58. The third kappa shape index (κ3) is 2.39. The summed E-state index contributed by atoms with van der Waals surface area (Å²) in [7, 11) is 4.83. The van der Waals surface area contributed by atoms with Crippen molar-refractivity contribution in [3.63, 3.8) is 0 Å². The molecule has 0 N–H and O–H groups in total. The Kier molecular flexibility index (Phi) is 3.94. The first kappa shape index (κ1) is 14.7. The van der Waals surface area contributed by atoms with Crippen LogP contribution in [0.1, 0.15) is 0 Å². The number of fused-ring (bicyclic) bond motifs is 1. The molecule has 0 aliphatic rings. The summed E-state index contributed by atoms with van der Waals surface area (Å²) in [6.07, 6.45) is 0. The van der Waals surface area contributed by atoms with Crippen LogP contribution in [0.25, 0.3) is 22.2 Å². The number of methoxy groups -OCH3 is 3. The van der Waals surface area contributed by atoms with E-state index in [0.717, 1.165) is 21.2 Å². The molecule has 0 aliphatic heterocycles. The maximum absolute atomic E-state index is 5.45. The zero-order valence-corrected chi connectivity index (χ0v) is 13.9. The molecule has 0 spiro atoms. The predicted molar refractivity (Wildman–Crippen MR) is 86.8 cm³/mol. The van der Waals surface area contributed by atoms with Crippen molar-refractivity contribution in [1.82, 2.24) is 5.16 Å². The average Bonchev–Trinajstić information content (AvgIpc) is 2.97. The summed E-state index contributed by atoms with van der Waals surface area (Å²) in [6.45, 7) is 0. The quantitative estimate of drug-likeness (QED) is 0.692. The Bertz CT molecular complexity index is 828. The fraction of sp³-hybridized carbons (Fsp3) is 0.188. The Hall–Kier alpha value is -2.21. The molecule has 0 unspecified atom stereocenters. The van der Waals surface area contributed by atoms with Gasteiger partial charge in [0.05, 0.1) is 31.2 Å². The lowest BCUT2D eigenvalue weighted by Crippen LogP contribution is -1.92. The number of nitrogens with zero attached hydrogens (tertiary/aromatic N) is 1. The third-order valence-corrected chi connectivity index (χ3v) is 4.03. The highest BCUT2D eigenvalue weighted by molar-refractivity contribution is 9.10. The summed E-state index contributed by atoms with van der Waals surface area (Å²) < 4.78 is 22.2. The summed E-state index contributed by atoms with van der Waals surface area (Å²) in [4.78, 5) is 0. The first-order valence-corrected chi connectivity index (χ1v) is 7.32. The summed E-state index contributed by atoms with van der Waals surface area (Å²) in [5.41, 5.74) is 2.18. The summed E-state index contributed by atoms with van der Waals surface area (Å²) >= 11 is 3.48. The van der Waals surface area contributed by atoms with Crippen molar-refractivity contribution in [2.45, 2.75) is 0 Å². The van der Waals surface area contributed by atoms with Crippen LogP contribution in [0, 0.1) is 0 Å². The standard InChI is InChI=1S/C16H14BrNO4/c1-19-9-4-5-10-14(6-9)22-18-16(10)11-7-12(17)15(21-3)8-13(11)20-2/h4-8H,1-3H3. The minimum atomic E-state index is 0.656. The molecule has 0 atom stereocenters. The fourth-order valence-corrected chi connectivity index (χ4v) is 2.79. The molecule has 0 saturated heterocycles. The molecule has 1 heterocycles. The van der Waals surface area contributed by atoms with E-state index in [2.05, 4.69) is 21.1 Å². The topological polar surface area (TPSA) is 53.7 Å². The number of halogens is 1. The SMILES string of the molecule is COc1ccc2c(-c3cc(Br)c(OC)cc3OC)noc2c1. The highest BCUT2D eigenvalue weighted by Crippen LogP contribution is 2.41. The van der Waals surface area contributed by atoms with Crippen molar-refractivity contribution < 1.29 is 18.7 Å². The van der Waals surface area contributed by atoms with Crippen LogP contribution in [0.2, 0.25) is 0 Å². The second-order valence-corrected chi connectivity index (χ2v) is 5.43. The van der Waals surface area contributed by atoms with Gasteiger partial charge in [0, 0.05) is 17.7 Å². The highest BCUT2D eigenvalue weighted by Gasteiger charge is 2.18. The molecule has 0 amide bonds. The number of benzene rings is 2. The summed E-state index contributed by atoms with van der Waals surface area (Å²) in [5.74, 6) is 2.07. The van der Waals surface area contributed by atoms with Crippen molar-refractivity contribution in [2.24, 2.45) is 0 Å². The van der Waals surface area contributed by atoms with Crippen LogP contribution in [-0.2, 0) is 0 Å². The summed E-state index contributed by atoms with van der Waals surface area (Å²) in [5, 5.41) is 5.06. The van der Waals surface area contributed by atoms with Gasteiger partial charge in [-0.25, -0.2) is 0 Å². The van der Waals surface area contributed by atoms with Gasteiger partial charge in [0.15, 0.2) is 5.58 Å². The number of hydrogen-bond donors (Lipinski definition) is 0. The van der Waals surface area contributed by atoms with Crippen molar-refractivity contribution in [1.29, 1.82) is 0 Å². The molecule has 0 bridgehead atoms. The van der Waals surface area contributed by atoms with Crippen molar-refractivity contribution in [2.75, 3.05) is 21.3 Å².